The van der Waals surface area contributed by atoms with E-state index in [1.807, 2.05) is 0 Å². The fourth-order valence-electron chi connectivity index (χ4n) is 3.12. The van der Waals surface area contributed by atoms with E-state index in [-0.39, 0.29) is 0 Å². The molecule has 0 atom stereocenters. The maximum atomic E-state index is 5.31. The number of guanidine groups is 1. The predicted octanol–water partition coefficient (Wildman–Crippen LogP) is 3.40. The first-order chi connectivity index (χ1) is 10.8. The van der Waals surface area contributed by atoms with Gasteiger partial charge >= 0.3 is 0 Å². The Labute approximate surface area is 138 Å². The molecule has 0 aromatic carbocycles. The molecule has 0 aliphatic heterocycles. The van der Waals surface area contributed by atoms with Gasteiger partial charge < -0.3 is 15.4 Å². The van der Waals surface area contributed by atoms with Gasteiger partial charge in [-0.3, -0.25) is 0 Å². The largest absolute Gasteiger partial charge is 0.385 e. The van der Waals surface area contributed by atoms with Gasteiger partial charge in [0.2, 0.25) is 0 Å². The van der Waals surface area contributed by atoms with E-state index in [2.05, 4.69) is 34.4 Å². The van der Waals surface area contributed by atoms with E-state index >= 15 is 0 Å². The van der Waals surface area contributed by atoms with Crippen LogP contribution in [0, 0.1) is 5.41 Å². The third kappa shape index (κ3) is 5.29. The molecule has 0 radical (unpaired) electrons. The summed E-state index contributed by atoms with van der Waals surface area (Å²) in [5.41, 5.74) is 1.66. The number of hydrogen-bond donors (Lipinski definition) is 2. The lowest BCUT2D eigenvalue weighted by atomic mass is 9.83. The first kappa shape index (κ1) is 17.3. The van der Waals surface area contributed by atoms with E-state index in [9.17, 15) is 0 Å². The summed E-state index contributed by atoms with van der Waals surface area (Å²) in [7, 11) is 1.79. The number of hydrogen-bond acceptors (Lipinski definition) is 3. The molecule has 1 fully saturated rings. The fraction of sp³-hybridized carbons (Fsp3) is 0.706. The molecule has 124 valence electrons. The van der Waals surface area contributed by atoms with E-state index in [1.54, 1.807) is 18.4 Å². The summed E-state index contributed by atoms with van der Waals surface area (Å²) in [6.45, 7) is 5.58. The van der Waals surface area contributed by atoms with E-state index < -0.39 is 0 Å². The van der Waals surface area contributed by atoms with E-state index in [0.29, 0.717) is 5.41 Å². The van der Waals surface area contributed by atoms with Crippen LogP contribution in [-0.2, 0) is 11.3 Å². The van der Waals surface area contributed by atoms with Crippen LogP contribution in [-0.4, -0.2) is 32.8 Å². The highest BCUT2D eigenvalue weighted by atomic mass is 32.1. The molecule has 0 saturated heterocycles. The third-order valence-electron chi connectivity index (χ3n) is 4.48. The predicted molar refractivity (Wildman–Crippen MR) is 94.5 cm³/mol. The highest BCUT2D eigenvalue weighted by Gasteiger charge is 2.33. The maximum Gasteiger partial charge on any atom is 0.191 e. The average molecular weight is 324 g/mol. The summed E-state index contributed by atoms with van der Waals surface area (Å²) in [6.07, 6.45) is 6.42. The van der Waals surface area contributed by atoms with Crippen molar-refractivity contribution in [3.63, 3.8) is 0 Å². The first-order valence-corrected chi connectivity index (χ1v) is 9.24. The number of thiophene rings is 1. The van der Waals surface area contributed by atoms with Crippen molar-refractivity contribution >= 4 is 17.3 Å². The molecule has 5 heteroatoms. The van der Waals surface area contributed by atoms with Crippen LogP contribution in [0.4, 0.5) is 0 Å². The van der Waals surface area contributed by atoms with E-state index in [0.717, 1.165) is 38.6 Å². The minimum Gasteiger partial charge on any atom is -0.385 e. The Morgan fingerprint density at radius 3 is 2.82 bits per heavy atom. The zero-order valence-electron chi connectivity index (χ0n) is 13.9. The van der Waals surface area contributed by atoms with Gasteiger partial charge in [0.25, 0.3) is 0 Å². The Hall–Kier alpha value is -1.07. The molecule has 22 heavy (non-hydrogen) atoms. The second-order valence-electron chi connectivity index (χ2n) is 6.13. The number of nitrogens with zero attached hydrogens (tertiary/aromatic N) is 1. The molecule has 2 N–H and O–H groups in total. The summed E-state index contributed by atoms with van der Waals surface area (Å²) in [6, 6.07) is 2.13. The molecule has 0 amide bonds. The molecule has 1 saturated carbocycles. The van der Waals surface area contributed by atoms with Crippen LogP contribution in [0.25, 0.3) is 0 Å². The van der Waals surface area contributed by atoms with Crippen LogP contribution in [0.1, 0.15) is 44.6 Å². The summed E-state index contributed by atoms with van der Waals surface area (Å²) < 4.78 is 5.31. The van der Waals surface area contributed by atoms with Gasteiger partial charge in [-0.25, -0.2) is 4.99 Å². The quantitative estimate of drug-likeness (QED) is 0.569. The van der Waals surface area contributed by atoms with Crippen molar-refractivity contribution in [3.05, 3.63) is 22.4 Å². The minimum absolute atomic E-state index is 0.384. The van der Waals surface area contributed by atoms with Crippen molar-refractivity contribution < 1.29 is 4.74 Å². The summed E-state index contributed by atoms with van der Waals surface area (Å²) >= 11 is 1.72. The van der Waals surface area contributed by atoms with Crippen LogP contribution in [0.2, 0.25) is 0 Å². The highest BCUT2D eigenvalue weighted by Crippen LogP contribution is 2.40. The Morgan fingerprint density at radius 2 is 2.18 bits per heavy atom. The van der Waals surface area contributed by atoms with Crippen LogP contribution >= 0.6 is 11.3 Å². The lowest BCUT2D eigenvalue weighted by Gasteiger charge is -2.30. The van der Waals surface area contributed by atoms with Crippen molar-refractivity contribution in [1.29, 1.82) is 0 Å². The lowest BCUT2D eigenvalue weighted by molar-refractivity contribution is 0.138. The van der Waals surface area contributed by atoms with Crippen LogP contribution < -0.4 is 10.6 Å². The fourth-order valence-corrected chi connectivity index (χ4v) is 3.78. The van der Waals surface area contributed by atoms with Gasteiger partial charge in [-0.2, -0.15) is 11.3 Å². The van der Waals surface area contributed by atoms with Gasteiger partial charge in [-0.1, -0.05) is 12.8 Å². The summed E-state index contributed by atoms with van der Waals surface area (Å²) in [5, 5.41) is 11.2. The van der Waals surface area contributed by atoms with Gasteiger partial charge in [-0.05, 0) is 54.0 Å². The molecular formula is C17H29N3OS. The Balaban J connectivity index is 1.90. The molecule has 1 heterocycles. The second-order valence-corrected chi connectivity index (χ2v) is 6.91. The molecule has 0 bridgehead atoms. The molecular weight excluding hydrogens is 294 g/mol. The molecule has 2 rings (SSSR count). The maximum absolute atomic E-state index is 5.31. The SMILES string of the molecule is CCNC(=NCc1ccsc1)NCC1(CCOC)CCCC1. The Bertz CT molecular complexity index is 439. The molecule has 0 unspecified atom stereocenters. The molecule has 1 aromatic rings. The van der Waals surface area contributed by atoms with Crippen molar-refractivity contribution in [2.75, 3.05) is 26.8 Å². The zero-order chi connectivity index (χ0) is 15.7. The molecule has 1 aromatic heterocycles. The number of nitrogens with one attached hydrogen (secondary N) is 2. The Morgan fingerprint density at radius 1 is 1.36 bits per heavy atom. The smallest absolute Gasteiger partial charge is 0.191 e. The van der Waals surface area contributed by atoms with Gasteiger partial charge in [0.05, 0.1) is 6.54 Å². The molecule has 0 spiro atoms. The number of methoxy groups -OCH3 is 1. The van der Waals surface area contributed by atoms with Crippen molar-refractivity contribution in [2.24, 2.45) is 10.4 Å². The Kier molecular flexibility index (Phi) is 7.19. The van der Waals surface area contributed by atoms with E-state index in [4.69, 9.17) is 9.73 Å². The standard InChI is InChI=1S/C17H29N3OS/c1-3-18-16(19-12-15-6-11-22-13-15)20-14-17(9-10-21-2)7-4-5-8-17/h6,11,13H,3-5,7-10,12,14H2,1-2H3,(H2,18,19,20). The van der Waals surface area contributed by atoms with Gasteiger partial charge in [0, 0.05) is 26.8 Å². The average Bonchev–Trinajstić information content (AvgIpc) is 3.20. The number of aliphatic imine (C=N–C) groups is 1. The highest BCUT2D eigenvalue weighted by molar-refractivity contribution is 7.07. The van der Waals surface area contributed by atoms with Crippen LogP contribution in [0.3, 0.4) is 0 Å². The normalized spacial score (nSPS) is 17.6. The lowest BCUT2D eigenvalue weighted by Crippen LogP contribution is -2.43. The van der Waals surface area contributed by atoms with Crippen molar-refractivity contribution in [1.82, 2.24) is 10.6 Å². The van der Waals surface area contributed by atoms with Crippen LogP contribution in [0.5, 0.6) is 0 Å². The van der Waals surface area contributed by atoms with Crippen molar-refractivity contribution in [2.45, 2.75) is 45.6 Å². The van der Waals surface area contributed by atoms with Crippen LogP contribution in [0.15, 0.2) is 21.8 Å². The molecule has 1 aliphatic rings. The summed E-state index contributed by atoms with van der Waals surface area (Å²) in [4.78, 5) is 4.70. The molecule has 1 aliphatic carbocycles. The third-order valence-corrected chi connectivity index (χ3v) is 5.21. The number of rotatable bonds is 8. The van der Waals surface area contributed by atoms with Gasteiger partial charge in [0.15, 0.2) is 5.96 Å². The first-order valence-electron chi connectivity index (χ1n) is 8.30. The van der Waals surface area contributed by atoms with Gasteiger partial charge in [0.1, 0.15) is 0 Å². The monoisotopic (exact) mass is 323 g/mol. The van der Waals surface area contributed by atoms with E-state index in [1.165, 1.54) is 31.2 Å². The molecule has 4 nitrogen and oxygen atoms in total. The number of ether oxygens (including phenoxy) is 1. The second kappa shape index (κ2) is 9.16. The minimum atomic E-state index is 0.384. The zero-order valence-corrected chi connectivity index (χ0v) is 14.7. The van der Waals surface area contributed by atoms with Gasteiger partial charge in [-0.15, -0.1) is 0 Å². The summed E-state index contributed by atoms with van der Waals surface area (Å²) in [5.74, 6) is 0.928. The van der Waals surface area contributed by atoms with Crippen molar-refractivity contribution in [3.8, 4) is 0 Å². The topological polar surface area (TPSA) is 45.7 Å².